The van der Waals surface area contributed by atoms with Crippen molar-refractivity contribution in [1.29, 1.82) is 0 Å². The summed E-state index contributed by atoms with van der Waals surface area (Å²) in [6.07, 6.45) is -0.984. The Morgan fingerprint density at radius 1 is 1.29 bits per heavy atom. The van der Waals surface area contributed by atoms with Gasteiger partial charge in [-0.2, -0.15) is 4.68 Å². The fourth-order valence-electron chi connectivity index (χ4n) is 2.69. The molecule has 7 heteroatoms. The number of aliphatic hydroxyl groups excluding tert-OH is 1. The van der Waals surface area contributed by atoms with Crippen LogP contribution in [0.2, 0.25) is 0 Å². The predicted molar refractivity (Wildman–Crippen MR) is 85.7 cm³/mol. The Hall–Kier alpha value is -2.22. The average Bonchev–Trinajstić information content (AvgIpc) is 3.04. The second-order valence-corrected chi connectivity index (χ2v) is 5.54. The van der Waals surface area contributed by atoms with Gasteiger partial charge >= 0.3 is 0 Å². The molecule has 1 saturated heterocycles. The Bertz CT molecular complexity index is 718. The predicted octanol–water partition coefficient (Wildman–Crippen LogP) is 1.12. The highest BCUT2D eigenvalue weighted by Crippen LogP contribution is 2.30. The third kappa shape index (κ3) is 3.64. The second-order valence-electron chi connectivity index (χ2n) is 5.54. The highest BCUT2D eigenvalue weighted by molar-refractivity contribution is 5.13. The summed E-state index contributed by atoms with van der Waals surface area (Å²) in [6.45, 7) is 0.229. The van der Waals surface area contributed by atoms with E-state index in [2.05, 4.69) is 5.10 Å². The third-order valence-electron chi connectivity index (χ3n) is 3.95. The van der Waals surface area contributed by atoms with Crippen molar-refractivity contribution >= 4 is 0 Å². The Kier molecular flexibility index (Phi) is 5.24. The Labute approximate surface area is 139 Å². The maximum absolute atomic E-state index is 12.0. The fraction of sp³-hybridized carbons (Fsp3) is 0.412. The number of ether oxygens (including phenoxy) is 3. The minimum Gasteiger partial charge on any atom is -0.480 e. The molecule has 1 aromatic heterocycles. The van der Waals surface area contributed by atoms with Gasteiger partial charge in [0.25, 0.3) is 5.56 Å². The molecule has 7 nitrogen and oxygen atoms in total. The normalized spacial score (nSPS) is 23.3. The minimum atomic E-state index is -0.592. The van der Waals surface area contributed by atoms with Crippen LogP contribution in [0.25, 0.3) is 0 Å². The Morgan fingerprint density at radius 2 is 2.08 bits per heavy atom. The van der Waals surface area contributed by atoms with Crippen molar-refractivity contribution in [3.8, 4) is 5.88 Å². The number of aromatic nitrogens is 2. The molecule has 1 N–H and O–H groups in total. The SMILES string of the molecule is COc1ccc(=O)n([C@H]2C[C@H](OCc3ccccc3)[C@@H](CO)O2)n1. The molecule has 3 atom stereocenters. The van der Waals surface area contributed by atoms with Crippen LogP contribution in [-0.2, 0) is 16.1 Å². The van der Waals surface area contributed by atoms with E-state index in [-0.39, 0.29) is 18.3 Å². The summed E-state index contributed by atoms with van der Waals surface area (Å²) in [5.41, 5.74) is 0.746. The molecule has 1 aromatic carbocycles. The summed E-state index contributed by atoms with van der Waals surface area (Å²) < 4.78 is 17.9. The number of nitrogens with zero attached hydrogens (tertiary/aromatic N) is 2. The molecule has 0 radical (unpaired) electrons. The van der Waals surface area contributed by atoms with Crippen molar-refractivity contribution in [3.05, 3.63) is 58.4 Å². The van der Waals surface area contributed by atoms with Crippen LogP contribution in [0.15, 0.2) is 47.3 Å². The summed E-state index contributed by atoms with van der Waals surface area (Å²) in [4.78, 5) is 12.0. The van der Waals surface area contributed by atoms with Crippen molar-refractivity contribution in [3.63, 3.8) is 0 Å². The van der Waals surface area contributed by atoms with E-state index < -0.39 is 12.3 Å². The molecule has 128 valence electrons. The van der Waals surface area contributed by atoms with Crippen LogP contribution in [0.3, 0.4) is 0 Å². The van der Waals surface area contributed by atoms with Crippen LogP contribution >= 0.6 is 0 Å². The molecule has 1 aliphatic rings. The van der Waals surface area contributed by atoms with Gasteiger partial charge < -0.3 is 19.3 Å². The molecule has 1 fully saturated rings. The van der Waals surface area contributed by atoms with Crippen LogP contribution in [-0.4, -0.2) is 40.8 Å². The lowest BCUT2D eigenvalue weighted by Crippen LogP contribution is -2.28. The van der Waals surface area contributed by atoms with Crippen molar-refractivity contribution in [2.45, 2.75) is 31.5 Å². The smallest absolute Gasteiger partial charge is 0.269 e. The van der Waals surface area contributed by atoms with Gasteiger partial charge in [0.05, 0.1) is 26.4 Å². The summed E-state index contributed by atoms with van der Waals surface area (Å²) in [5, 5.41) is 13.6. The van der Waals surface area contributed by atoms with E-state index >= 15 is 0 Å². The van der Waals surface area contributed by atoms with Gasteiger partial charge in [0.1, 0.15) is 6.10 Å². The number of hydrogen-bond acceptors (Lipinski definition) is 6. The molecule has 0 saturated carbocycles. The van der Waals surface area contributed by atoms with E-state index in [1.54, 1.807) is 0 Å². The van der Waals surface area contributed by atoms with Crippen molar-refractivity contribution in [1.82, 2.24) is 9.78 Å². The van der Waals surface area contributed by atoms with Gasteiger partial charge in [0.15, 0.2) is 6.23 Å². The van der Waals surface area contributed by atoms with Crippen LogP contribution < -0.4 is 10.3 Å². The first-order valence-corrected chi connectivity index (χ1v) is 7.77. The van der Waals surface area contributed by atoms with E-state index in [9.17, 15) is 9.90 Å². The molecule has 1 aliphatic heterocycles. The van der Waals surface area contributed by atoms with Gasteiger partial charge in [-0.15, -0.1) is 5.10 Å². The molecule has 0 spiro atoms. The Balaban J connectivity index is 1.71. The number of benzene rings is 1. The lowest BCUT2D eigenvalue weighted by molar-refractivity contribution is -0.0686. The molecule has 2 aromatic rings. The van der Waals surface area contributed by atoms with Crippen LogP contribution in [0.4, 0.5) is 0 Å². The monoisotopic (exact) mass is 332 g/mol. The summed E-state index contributed by atoms with van der Waals surface area (Å²) in [6, 6.07) is 12.6. The Morgan fingerprint density at radius 3 is 2.79 bits per heavy atom. The van der Waals surface area contributed by atoms with Gasteiger partial charge in [-0.25, -0.2) is 0 Å². The lowest BCUT2D eigenvalue weighted by atomic mass is 10.2. The first-order valence-electron chi connectivity index (χ1n) is 7.77. The van der Waals surface area contributed by atoms with Gasteiger partial charge in [0.2, 0.25) is 5.88 Å². The average molecular weight is 332 g/mol. The van der Waals surface area contributed by atoms with E-state index in [0.29, 0.717) is 18.9 Å². The van der Waals surface area contributed by atoms with Crippen LogP contribution in [0.1, 0.15) is 18.2 Å². The standard InChI is InChI=1S/C17H20N2O5/c1-22-15-7-8-16(21)19(18-15)17-9-13(14(10-20)24-17)23-11-12-5-3-2-4-6-12/h2-8,13-14,17,20H,9-11H2,1H3/t13-,14+,17+/m0/s1. The van der Waals surface area contributed by atoms with Gasteiger partial charge in [0, 0.05) is 18.6 Å². The minimum absolute atomic E-state index is 0.186. The van der Waals surface area contributed by atoms with Crippen molar-refractivity contribution in [2.24, 2.45) is 0 Å². The summed E-state index contributed by atoms with van der Waals surface area (Å²) in [7, 11) is 1.48. The number of aliphatic hydroxyl groups is 1. The van der Waals surface area contributed by atoms with Crippen LogP contribution in [0.5, 0.6) is 5.88 Å². The number of hydrogen-bond donors (Lipinski definition) is 1. The highest BCUT2D eigenvalue weighted by Gasteiger charge is 2.37. The lowest BCUT2D eigenvalue weighted by Gasteiger charge is -2.16. The molecule has 2 heterocycles. The van der Waals surface area contributed by atoms with Gasteiger partial charge in [-0.1, -0.05) is 30.3 Å². The van der Waals surface area contributed by atoms with E-state index in [1.165, 1.54) is 23.9 Å². The molecule has 24 heavy (non-hydrogen) atoms. The number of methoxy groups -OCH3 is 1. The zero-order valence-electron chi connectivity index (χ0n) is 13.4. The first kappa shape index (κ1) is 16.6. The van der Waals surface area contributed by atoms with Gasteiger partial charge in [-0.3, -0.25) is 4.79 Å². The van der Waals surface area contributed by atoms with Crippen molar-refractivity contribution in [2.75, 3.05) is 13.7 Å². The maximum Gasteiger partial charge on any atom is 0.269 e. The van der Waals surface area contributed by atoms with Crippen LogP contribution in [0, 0.1) is 0 Å². The van der Waals surface area contributed by atoms with E-state index in [1.807, 2.05) is 30.3 Å². The first-order chi connectivity index (χ1) is 11.7. The third-order valence-corrected chi connectivity index (χ3v) is 3.95. The molecular weight excluding hydrogens is 312 g/mol. The van der Waals surface area contributed by atoms with Gasteiger partial charge in [-0.05, 0) is 5.56 Å². The van der Waals surface area contributed by atoms with E-state index in [4.69, 9.17) is 14.2 Å². The van der Waals surface area contributed by atoms with Crippen molar-refractivity contribution < 1.29 is 19.3 Å². The maximum atomic E-state index is 12.0. The quantitative estimate of drug-likeness (QED) is 0.853. The number of rotatable bonds is 6. The molecule has 0 unspecified atom stereocenters. The topological polar surface area (TPSA) is 82.8 Å². The largest absolute Gasteiger partial charge is 0.480 e. The zero-order valence-corrected chi connectivity index (χ0v) is 13.4. The second kappa shape index (κ2) is 7.57. The fourth-order valence-corrected chi connectivity index (χ4v) is 2.69. The van der Waals surface area contributed by atoms with E-state index in [0.717, 1.165) is 5.56 Å². The highest BCUT2D eigenvalue weighted by atomic mass is 16.6. The zero-order chi connectivity index (χ0) is 16.9. The molecule has 3 rings (SSSR count). The summed E-state index contributed by atoms with van der Waals surface area (Å²) >= 11 is 0. The molecule has 0 bridgehead atoms. The molecule has 0 amide bonds. The molecular formula is C17H20N2O5. The molecule has 0 aliphatic carbocycles. The summed E-state index contributed by atoms with van der Waals surface area (Å²) in [5.74, 6) is 0.326.